The standard InChI is InChI=1S/C18H18ClFN2O5S2/c19-16-10-14(6-7-17(16)20)29(26,27)21-11-18(23)22-9-8-15(12-22)28(24,25)13-4-2-1-3-5-13/h1-7,10,15,21H,8-9,11-12H2. The van der Waals surface area contributed by atoms with Crippen molar-refractivity contribution < 1.29 is 26.0 Å². The molecule has 1 unspecified atom stereocenters. The van der Waals surface area contributed by atoms with Gasteiger partial charge in [-0.15, -0.1) is 0 Å². The summed E-state index contributed by atoms with van der Waals surface area (Å²) >= 11 is 5.60. The molecule has 0 radical (unpaired) electrons. The van der Waals surface area contributed by atoms with Crippen LogP contribution in [0.3, 0.4) is 0 Å². The van der Waals surface area contributed by atoms with Crippen LogP contribution < -0.4 is 4.72 Å². The minimum absolute atomic E-state index is 0.0137. The maximum Gasteiger partial charge on any atom is 0.241 e. The Morgan fingerprint density at radius 2 is 1.79 bits per heavy atom. The number of amides is 1. The van der Waals surface area contributed by atoms with Gasteiger partial charge in [-0.05, 0) is 36.8 Å². The summed E-state index contributed by atoms with van der Waals surface area (Å²) in [4.78, 5) is 13.6. The third kappa shape index (κ3) is 4.77. The zero-order valence-electron chi connectivity index (χ0n) is 15.1. The molecule has 7 nitrogen and oxygen atoms in total. The molecule has 0 aromatic heterocycles. The summed E-state index contributed by atoms with van der Waals surface area (Å²) in [6.45, 7) is -0.352. The topological polar surface area (TPSA) is 101 Å². The molecule has 1 saturated heterocycles. The van der Waals surface area contributed by atoms with Gasteiger partial charge in [0.05, 0.1) is 26.6 Å². The Morgan fingerprint density at radius 3 is 2.45 bits per heavy atom. The van der Waals surface area contributed by atoms with Gasteiger partial charge in [-0.2, -0.15) is 0 Å². The average molecular weight is 461 g/mol. The molecule has 2 aromatic carbocycles. The highest BCUT2D eigenvalue weighted by atomic mass is 35.5. The predicted octanol–water partition coefficient (Wildman–Crippen LogP) is 1.83. The summed E-state index contributed by atoms with van der Waals surface area (Å²) in [5.41, 5.74) is 0. The summed E-state index contributed by atoms with van der Waals surface area (Å²) in [6.07, 6.45) is 0.267. The zero-order valence-corrected chi connectivity index (χ0v) is 17.5. The van der Waals surface area contributed by atoms with Crippen LogP contribution in [0.1, 0.15) is 6.42 Å². The fourth-order valence-corrected chi connectivity index (χ4v) is 5.97. The van der Waals surface area contributed by atoms with E-state index in [-0.39, 0.29) is 34.3 Å². The fraction of sp³-hybridized carbons (Fsp3) is 0.278. The summed E-state index contributed by atoms with van der Waals surface area (Å²) in [5.74, 6) is -1.31. The number of benzene rings is 2. The van der Waals surface area contributed by atoms with Gasteiger partial charge in [0.2, 0.25) is 15.9 Å². The lowest BCUT2D eigenvalue weighted by molar-refractivity contribution is -0.128. The van der Waals surface area contributed by atoms with Gasteiger partial charge in [-0.1, -0.05) is 29.8 Å². The third-order valence-electron chi connectivity index (χ3n) is 4.62. The van der Waals surface area contributed by atoms with Crippen LogP contribution in [-0.2, 0) is 24.7 Å². The SMILES string of the molecule is O=C(CNS(=O)(=O)c1ccc(F)c(Cl)c1)N1CCC(S(=O)(=O)c2ccccc2)C1. The Balaban J connectivity index is 1.63. The quantitative estimate of drug-likeness (QED) is 0.708. The summed E-state index contributed by atoms with van der Waals surface area (Å²) in [5, 5.41) is -1.10. The van der Waals surface area contributed by atoms with E-state index in [1.54, 1.807) is 18.2 Å². The molecule has 156 valence electrons. The second kappa shape index (κ2) is 8.39. The van der Waals surface area contributed by atoms with Gasteiger partial charge >= 0.3 is 0 Å². The number of carbonyl (C=O) groups is 1. The number of hydrogen-bond acceptors (Lipinski definition) is 5. The van der Waals surface area contributed by atoms with Crippen molar-refractivity contribution in [3.63, 3.8) is 0 Å². The molecule has 1 fully saturated rings. The molecule has 1 N–H and O–H groups in total. The largest absolute Gasteiger partial charge is 0.340 e. The lowest BCUT2D eigenvalue weighted by Crippen LogP contribution is -2.40. The molecule has 29 heavy (non-hydrogen) atoms. The normalized spacial score (nSPS) is 17.4. The number of sulfone groups is 1. The van der Waals surface area contributed by atoms with Crippen LogP contribution in [-0.4, -0.2) is 52.5 Å². The first-order chi connectivity index (χ1) is 13.6. The van der Waals surface area contributed by atoms with Crippen LogP contribution in [0.2, 0.25) is 5.02 Å². The van der Waals surface area contributed by atoms with Crippen LogP contribution in [0, 0.1) is 5.82 Å². The molecule has 0 bridgehead atoms. The molecule has 3 rings (SSSR count). The highest BCUT2D eigenvalue weighted by Gasteiger charge is 2.36. The molecule has 1 atom stereocenters. The zero-order chi connectivity index (χ0) is 21.2. The monoisotopic (exact) mass is 460 g/mol. The van der Waals surface area contributed by atoms with E-state index in [1.807, 2.05) is 0 Å². The van der Waals surface area contributed by atoms with Crippen LogP contribution in [0.15, 0.2) is 58.3 Å². The second-order valence-corrected chi connectivity index (χ2v) is 10.9. The number of carbonyl (C=O) groups excluding carboxylic acids is 1. The molecular weight excluding hydrogens is 443 g/mol. The third-order valence-corrected chi connectivity index (χ3v) is 8.50. The molecule has 1 heterocycles. The summed E-state index contributed by atoms with van der Waals surface area (Å²) in [7, 11) is -7.66. The van der Waals surface area contributed by atoms with Gasteiger partial charge < -0.3 is 4.90 Å². The number of rotatable bonds is 6. The van der Waals surface area contributed by atoms with E-state index >= 15 is 0 Å². The first kappa shape index (κ1) is 21.7. The fourth-order valence-electron chi connectivity index (χ4n) is 3.01. The van der Waals surface area contributed by atoms with Crippen LogP contribution in [0.4, 0.5) is 4.39 Å². The molecule has 1 amide bonds. The Kier molecular flexibility index (Phi) is 6.27. The molecule has 0 spiro atoms. The van der Waals surface area contributed by atoms with Crippen molar-refractivity contribution in [2.24, 2.45) is 0 Å². The second-order valence-electron chi connectivity index (χ2n) is 6.51. The maximum absolute atomic E-state index is 13.2. The Hall–Kier alpha value is -2.01. The number of nitrogens with zero attached hydrogens (tertiary/aromatic N) is 1. The van der Waals surface area contributed by atoms with E-state index in [1.165, 1.54) is 17.0 Å². The van der Waals surface area contributed by atoms with Crippen molar-refractivity contribution in [1.82, 2.24) is 9.62 Å². The maximum atomic E-state index is 13.2. The van der Waals surface area contributed by atoms with E-state index in [2.05, 4.69) is 4.72 Å². The Morgan fingerprint density at radius 1 is 1.10 bits per heavy atom. The first-order valence-electron chi connectivity index (χ1n) is 8.63. The lowest BCUT2D eigenvalue weighted by atomic mass is 10.3. The van der Waals surface area contributed by atoms with E-state index in [0.717, 1.165) is 18.2 Å². The van der Waals surface area contributed by atoms with Gasteiger partial charge in [0.25, 0.3) is 0 Å². The number of halogens is 2. The van der Waals surface area contributed by atoms with Crippen LogP contribution in [0.5, 0.6) is 0 Å². The van der Waals surface area contributed by atoms with Gasteiger partial charge in [0.1, 0.15) is 5.82 Å². The minimum atomic E-state index is -4.08. The van der Waals surface area contributed by atoms with Gasteiger partial charge in [-0.3, -0.25) is 4.79 Å². The van der Waals surface area contributed by atoms with Crippen molar-refractivity contribution in [3.05, 3.63) is 59.4 Å². The van der Waals surface area contributed by atoms with E-state index in [4.69, 9.17) is 11.6 Å². The molecular formula is C18H18ClFN2O5S2. The van der Waals surface area contributed by atoms with Crippen molar-refractivity contribution in [2.45, 2.75) is 21.5 Å². The van der Waals surface area contributed by atoms with Gasteiger partial charge in [0.15, 0.2) is 9.84 Å². The van der Waals surface area contributed by atoms with Crippen molar-refractivity contribution in [2.75, 3.05) is 19.6 Å². The number of likely N-dealkylation sites (tertiary alicyclic amines) is 1. The van der Waals surface area contributed by atoms with E-state index in [0.29, 0.717) is 0 Å². The highest BCUT2D eigenvalue weighted by Crippen LogP contribution is 2.24. The molecule has 1 aliphatic rings. The molecule has 0 aliphatic carbocycles. The molecule has 11 heteroatoms. The van der Waals surface area contributed by atoms with E-state index < -0.39 is 43.4 Å². The molecule has 2 aromatic rings. The number of nitrogens with one attached hydrogen (secondary N) is 1. The molecule has 1 aliphatic heterocycles. The lowest BCUT2D eigenvalue weighted by Gasteiger charge is -2.17. The average Bonchev–Trinajstić information content (AvgIpc) is 3.20. The number of sulfonamides is 1. The van der Waals surface area contributed by atoms with Crippen molar-refractivity contribution >= 4 is 37.4 Å². The Labute approximate surface area is 173 Å². The highest BCUT2D eigenvalue weighted by molar-refractivity contribution is 7.92. The number of hydrogen-bond donors (Lipinski definition) is 1. The predicted molar refractivity (Wildman–Crippen MR) is 105 cm³/mol. The van der Waals surface area contributed by atoms with E-state index in [9.17, 15) is 26.0 Å². The van der Waals surface area contributed by atoms with Crippen LogP contribution in [0.25, 0.3) is 0 Å². The van der Waals surface area contributed by atoms with Crippen LogP contribution >= 0.6 is 11.6 Å². The Bertz CT molecular complexity index is 1120. The summed E-state index contributed by atoms with van der Waals surface area (Å²) in [6, 6.07) is 10.9. The van der Waals surface area contributed by atoms with Crippen molar-refractivity contribution in [1.29, 1.82) is 0 Å². The van der Waals surface area contributed by atoms with Gasteiger partial charge in [-0.25, -0.2) is 25.9 Å². The van der Waals surface area contributed by atoms with Crippen molar-refractivity contribution in [3.8, 4) is 0 Å². The smallest absolute Gasteiger partial charge is 0.241 e. The molecule has 0 saturated carbocycles. The first-order valence-corrected chi connectivity index (χ1v) is 12.0. The minimum Gasteiger partial charge on any atom is -0.340 e. The van der Waals surface area contributed by atoms with Gasteiger partial charge in [0, 0.05) is 13.1 Å². The summed E-state index contributed by atoms with van der Waals surface area (Å²) < 4.78 is 65.2.